The minimum absolute atomic E-state index is 0.345. The number of unbranched alkanes of at least 4 members (excludes halogenated alkanes) is 2. The van der Waals surface area contributed by atoms with Gasteiger partial charge >= 0.3 is 0 Å². The highest BCUT2D eigenvalue weighted by molar-refractivity contribution is 7.89. The van der Waals surface area contributed by atoms with Crippen molar-refractivity contribution in [1.29, 1.82) is 0 Å². The Morgan fingerprint density at radius 3 is 2.57 bits per heavy atom. The Hall–Kier alpha value is -1.43. The Morgan fingerprint density at radius 2 is 1.76 bits per heavy atom. The molecule has 0 aliphatic rings. The van der Waals surface area contributed by atoms with E-state index in [0.717, 1.165) is 36.6 Å². The molecule has 114 valence electrons. The predicted molar refractivity (Wildman–Crippen MR) is 84.9 cm³/mol. The molecule has 0 bridgehead atoms. The monoisotopic (exact) mass is 307 g/mol. The summed E-state index contributed by atoms with van der Waals surface area (Å²) < 4.78 is 32.4. The highest BCUT2D eigenvalue weighted by atomic mass is 32.2. The Balaban J connectivity index is 2.05. The van der Waals surface area contributed by atoms with Gasteiger partial charge in [-0.05, 0) is 30.7 Å². The number of rotatable bonds is 8. The van der Waals surface area contributed by atoms with Gasteiger partial charge in [0, 0.05) is 25.6 Å². The summed E-state index contributed by atoms with van der Waals surface area (Å²) in [6.07, 6.45) is 2.71. The van der Waals surface area contributed by atoms with Crippen LogP contribution in [0.4, 0.5) is 0 Å². The smallest absolute Gasteiger partial charge is 0.241 e. The van der Waals surface area contributed by atoms with E-state index in [1.165, 1.54) is 0 Å². The molecule has 0 unspecified atom stereocenters. The average molecular weight is 307 g/mol. The molecule has 0 saturated carbocycles. The van der Waals surface area contributed by atoms with Crippen molar-refractivity contribution in [3.8, 4) is 0 Å². The molecular weight excluding hydrogens is 286 g/mol. The van der Waals surface area contributed by atoms with E-state index in [4.69, 9.17) is 4.74 Å². The van der Waals surface area contributed by atoms with E-state index in [2.05, 4.69) is 4.72 Å². The zero-order valence-electron chi connectivity index (χ0n) is 12.2. The molecule has 0 saturated heterocycles. The number of hydrogen-bond donors (Lipinski definition) is 1. The summed E-state index contributed by atoms with van der Waals surface area (Å²) in [6.45, 7) is 1.17. The topological polar surface area (TPSA) is 55.4 Å². The first-order chi connectivity index (χ1) is 10.1. The summed E-state index contributed by atoms with van der Waals surface area (Å²) in [5.74, 6) is 0. The minimum atomic E-state index is -3.46. The number of sulfonamides is 1. The van der Waals surface area contributed by atoms with Crippen molar-refractivity contribution in [2.45, 2.75) is 24.2 Å². The van der Waals surface area contributed by atoms with Crippen molar-refractivity contribution in [2.24, 2.45) is 0 Å². The van der Waals surface area contributed by atoms with Gasteiger partial charge < -0.3 is 4.74 Å². The molecule has 0 aliphatic heterocycles. The maximum absolute atomic E-state index is 12.4. The summed E-state index contributed by atoms with van der Waals surface area (Å²) in [4.78, 5) is 0.345. The molecule has 0 heterocycles. The number of ether oxygens (including phenoxy) is 1. The molecule has 0 aliphatic carbocycles. The van der Waals surface area contributed by atoms with Crippen LogP contribution in [0.3, 0.4) is 0 Å². The van der Waals surface area contributed by atoms with E-state index in [0.29, 0.717) is 11.4 Å². The fourth-order valence-electron chi connectivity index (χ4n) is 2.26. The first kappa shape index (κ1) is 15.9. The van der Waals surface area contributed by atoms with Gasteiger partial charge in [0.2, 0.25) is 10.0 Å². The van der Waals surface area contributed by atoms with Crippen molar-refractivity contribution in [1.82, 2.24) is 4.72 Å². The molecule has 0 atom stereocenters. The van der Waals surface area contributed by atoms with Crippen molar-refractivity contribution in [2.75, 3.05) is 20.3 Å². The van der Waals surface area contributed by atoms with Crippen LogP contribution in [-0.4, -0.2) is 28.7 Å². The van der Waals surface area contributed by atoms with Crippen LogP contribution in [0.1, 0.15) is 19.3 Å². The highest BCUT2D eigenvalue weighted by Gasteiger charge is 2.16. The van der Waals surface area contributed by atoms with E-state index in [-0.39, 0.29) is 0 Å². The quantitative estimate of drug-likeness (QED) is 0.763. The molecule has 2 aromatic rings. The zero-order valence-corrected chi connectivity index (χ0v) is 13.0. The van der Waals surface area contributed by atoms with Crippen LogP contribution in [-0.2, 0) is 14.8 Å². The molecule has 0 amide bonds. The lowest BCUT2D eigenvalue weighted by Gasteiger charge is -2.09. The summed E-state index contributed by atoms with van der Waals surface area (Å²) in [5.41, 5.74) is 0. The maximum atomic E-state index is 12.4. The fourth-order valence-corrected chi connectivity index (χ4v) is 3.56. The largest absolute Gasteiger partial charge is 0.385 e. The van der Waals surface area contributed by atoms with E-state index < -0.39 is 10.0 Å². The second-order valence-corrected chi connectivity index (χ2v) is 6.66. The number of fused-ring (bicyclic) bond motifs is 1. The maximum Gasteiger partial charge on any atom is 0.241 e. The zero-order chi connectivity index (χ0) is 15.1. The third kappa shape index (κ3) is 4.27. The van der Waals surface area contributed by atoms with Crippen molar-refractivity contribution < 1.29 is 13.2 Å². The van der Waals surface area contributed by atoms with Gasteiger partial charge in [-0.2, -0.15) is 0 Å². The van der Waals surface area contributed by atoms with Crippen molar-refractivity contribution in [3.63, 3.8) is 0 Å². The van der Waals surface area contributed by atoms with Crippen LogP contribution in [0.5, 0.6) is 0 Å². The second-order valence-electron chi connectivity index (χ2n) is 4.93. The normalized spacial score (nSPS) is 11.9. The van der Waals surface area contributed by atoms with Gasteiger partial charge in [0.1, 0.15) is 0 Å². The van der Waals surface area contributed by atoms with Gasteiger partial charge in [0.25, 0.3) is 0 Å². The standard InChI is InChI=1S/C16H21NO3S/c1-20-13-6-2-5-12-17-21(18,19)16-11-7-9-14-8-3-4-10-15(14)16/h3-4,7-11,17H,2,5-6,12-13H2,1H3. The lowest BCUT2D eigenvalue weighted by molar-refractivity contribution is 0.192. The summed E-state index contributed by atoms with van der Waals surface area (Å²) >= 11 is 0. The van der Waals surface area contributed by atoms with E-state index in [1.807, 2.05) is 30.3 Å². The number of methoxy groups -OCH3 is 1. The van der Waals surface area contributed by atoms with Gasteiger partial charge in [0.15, 0.2) is 0 Å². The van der Waals surface area contributed by atoms with Gasteiger partial charge in [-0.25, -0.2) is 13.1 Å². The molecule has 0 spiro atoms. The van der Waals surface area contributed by atoms with Crippen LogP contribution in [0.15, 0.2) is 47.4 Å². The predicted octanol–water partition coefficient (Wildman–Crippen LogP) is 2.93. The fraction of sp³-hybridized carbons (Fsp3) is 0.375. The van der Waals surface area contributed by atoms with Crippen LogP contribution in [0, 0.1) is 0 Å². The number of hydrogen-bond acceptors (Lipinski definition) is 3. The van der Waals surface area contributed by atoms with Gasteiger partial charge in [-0.15, -0.1) is 0 Å². The minimum Gasteiger partial charge on any atom is -0.385 e. The van der Waals surface area contributed by atoms with Crippen molar-refractivity contribution >= 4 is 20.8 Å². The highest BCUT2D eigenvalue weighted by Crippen LogP contribution is 2.22. The molecule has 0 aromatic heterocycles. The molecule has 5 heteroatoms. The van der Waals surface area contributed by atoms with Gasteiger partial charge in [0.05, 0.1) is 4.90 Å². The molecule has 4 nitrogen and oxygen atoms in total. The molecule has 2 rings (SSSR count). The summed E-state index contributed by atoms with van der Waals surface area (Å²) in [6, 6.07) is 12.8. The molecule has 21 heavy (non-hydrogen) atoms. The Kier molecular flexibility index (Phi) is 5.73. The Labute approximate surface area is 126 Å². The Morgan fingerprint density at radius 1 is 1.00 bits per heavy atom. The summed E-state index contributed by atoms with van der Waals surface area (Å²) in [5, 5.41) is 1.69. The SMILES string of the molecule is COCCCCCNS(=O)(=O)c1cccc2ccccc12. The molecule has 0 radical (unpaired) electrons. The van der Waals surface area contributed by atoms with Crippen LogP contribution < -0.4 is 4.72 Å². The molecule has 2 aromatic carbocycles. The van der Waals surface area contributed by atoms with Crippen LogP contribution >= 0.6 is 0 Å². The lowest BCUT2D eigenvalue weighted by Crippen LogP contribution is -2.25. The third-order valence-corrected chi connectivity index (χ3v) is 4.88. The first-order valence-electron chi connectivity index (χ1n) is 7.11. The van der Waals surface area contributed by atoms with Gasteiger partial charge in [-0.3, -0.25) is 0 Å². The third-order valence-electron chi connectivity index (χ3n) is 3.36. The lowest BCUT2D eigenvalue weighted by atomic mass is 10.1. The average Bonchev–Trinajstić information content (AvgIpc) is 2.50. The van der Waals surface area contributed by atoms with Crippen LogP contribution in [0.25, 0.3) is 10.8 Å². The summed E-state index contributed by atoms with van der Waals surface area (Å²) in [7, 11) is -1.79. The van der Waals surface area contributed by atoms with E-state index in [1.54, 1.807) is 19.2 Å². The molecule has 0 fully saturated rings. The Bertz CT molecular complexity index is 677. The first-order valence-corrected chi connectivity index (χ1v) is 8.60. The molecule has 1 N–H and O–H groups in total. The number of benzene rings is 2. The van der Waals surface area contributed by atoms with Crippen molar-refractivity contribution in [3.05, 3.63) is 42.5 Å². The number of nitrogens with one attached hydrogen (secondary N) is 1. The second kappa shape index (κ2) is 7.54. The van der Waals surface area contributed by atoms with E-state index >= 15 is 0 Å². The van der Waals surface area contributed by atoms with E-state index in [9.17, 15) is 8.42 Å². The van der Waals surface area contributed by atoms with Crippen LogP contribution in [0.2, 0.25) is 0 Å². The molecular formula is C16H21NO3S. The van der Waals surface area contributed by atoms with Gasteiger partial charge in [-0.1, -0.05) is 36.4 Å².